The van der Waals surface area contributed by atoms with Gasteiger partial charge in [0.1, 0.15) is 0 Å². The molecule has 1 aliphatic rings. The number of hydrogen-bond donors (Lipinski definition) is 0. The predicted molar refractivity (Wildman–Crippen MR) is 78.9 cm³/mol. The lowest BCUT2D eigenvalue weighted by Gasteiger charge is -2.07. The summed E-state index contributed by atoms with van der Waals surface area (Å²) in [6.45, 7) is 0. The van der Waals surface area contributed by atoms with E-state index in [1.54, 1.807) is 4.73 Å². The van der Waals surface area contributed by atoms with Crippen molar-refractivity contribution in [2.75, 3.05) is 0 Å². The van der Waals surface area contributed by atoms with Crippen molar-refractivity contribution in [3.8, 4) is 0 Å². The van der Waals surface area contributed by atoms with Crippen LogP contribution in [0.2, 0.25) is 0 Å². The SMILES string of the molecule is C1=CC(O[n+]2ccc3ccccc3c2)c2ccccc21. The molecule has 0 amide bonds. The number of benzene rings is 2. The molecule has 0 aliphatic heterocycles. The van der Waals surface area contributed by atoms with E-state index in [1.807, 2.05) is 30.6 Å². The van der Waals surface area contributed by atoms with Crippen LogP contribution < -0.4 is 9.57 Å². The van der Waals surface area contributed by atoms with Crippen molar-refractivity contribution in [2.45, 2.75) is 6.10 Å². The Balaban J connectivity index is 1.67. The maximum Gasteiger partial charge on any atom is 0.230 e. The third kappa shape index (κ3) is 1.86. The van der Waals surface area contributed by atoms with Crippen LogP contribution in [-0.4, -0.2) is 0 Å². The van der Waals surface area contributed by atoms with Gasteiger partial charge in [0.2, 0.25) is 18.5 Å². The van der Waals surface area contributed by atoms with Crippen LogP contribution in [0.3, 0.4) is 0 Å². The number of rotatable bonds is 2. The monoisotopic (exact) mass is 260 g/mol. The Kier molecular flexibility index (Phi) is 2.52. The molecule has 4 rings (SSSR count). The molecule has 3 aromatic rings. The van der Waals surface area contributed by atoms with E-state index in [2.05, 4.69) is 48.6 Å². The minimum Gasteiger partial charge on any atom is -0.259 e. The fourth-order valence-corrected chi connectivity index (χ4v) is 2.62. The fraction of sp³-hybridized carbons (Fsp3) is 0.0556. The zero-order chi connectivity index (χ0) is 13.4. The molecule has 2 heteroatoms. The molecule has 2 nitrogen and oxygen atoms in total. The highest BCUT2D eigenvalue weighted by Gasteiger charge is 2.22. The van der Waals surface area contributed by atoms with Crippen LogP contribution in [0.25, 0.3) is 16.8 Å². The first-order valence-corrected chi connectivity index (χ1v) is 6.74. The van der Waals surface area contributed by atoms with Gasteiger partial charge in [-0.05, 0) is 23.1 Å². The van der Waals surface area contributed by atoms with Crippen molar-refractivity contribution in [3.63, 3.8) is 0 Å². The first-order valence-electron chi connectivity index (χ1n) is 6.74. The molecule has 0 saturated heterocycles. The Morgan fingerprint density at radius 1 is 0.850 bits per heavy atom. The molecule has 1 aliphatic carbocycles. The minimum atomic E-state index is -0.0163. The second-order valence-corrected chi connectivity index (χ2v) is 4.95. The summed E-state index contributed by atoms with van der Waals surface area (Å²) in [6, 6.07) is 18.7. The predicted octanol–water partition coefficient (Wildman–Crippen LogP) is 3.32. The average molecular weight is 260 g/mol. The average Bonchev–Trinajstić information content (AvgIpc) is 2.91. The molecule has 1 atom stereocenters. The Hall–Kier alpha value is -2.61. The van der Waals surface area contributed by atoms with Gasteiger partial charge in [0, 0.05) is 16.4 Å². The highest BCUT2D eigenvalue weighted by atomic mass is 16.7. The normalized spacial score (nSPS) is 16.3. The summed E-state index contributed by atoms with van der Waals surface area (Å²) in [6.07, 6.45) is 8.16. The van der Waals surface area contributed by atoms with E-state index in [-0.39, 0.29) is 6.10 Å². The highest BCUT2D eigenvalue weighted by Crippen LogP contribution is 2.27. The van der Waals surface area contributed by atoms with E-state index in [4.69, 9.17) is 4.84 Å². The summed E-state index contributed by atoms with van der Waals surface area (Å²) in [5.74, 6) is 0. The van der Waals surface area contributed by atoms with Crippen molar-refractivity contribution in [1.82, 2.24) is 0 Å². The van der Waals surface area contributed by atoms with Gasteiger partial charge >= 0.3 is 0 Å². The van der Waals surface area contributed by atoms with E-state index in [9.17, 15) is 0 Å². The third-order valence-corrected chi connectivity index (χ3v) is 3.65. The molecule has 0 fully saturated rings. The Morgan fingerprint density at radius 2 is 1.65 bits per heavy atom. The van der Waals surface area contributed by atoms with Crippen molar-refractivity contribution in [3.05, 3.63) is 84.2 Å². The first kappa shape index (κ1) is 11.2. The standard InChI is InChI=1S/C18H14NO/c1-2-7-16-13-19(12-11-14(16)5-1)20-18-10-9-15-6-3-4-8-17(15)18/h1-13,18H/q+1. The summed E-state index contributed by atoms with van der Waals surface area (Å²) in [5.41, 5.74) is 2.45. The molecular weight excluding hydrogens is 246 g/mol. The van der Waals surface area contributed by atoms with E-state index >= 15 is 0 Å². The van der Waals surface area contributed by atoms with Gasteiger partial charge in [0.15, 0.2) is 0 Å². The molecule has 0 bridgehead atoms. The van der Waals surface area contributed by atoms with Crippen LogP contribution in [0, 0.1) is 0 Å². The zero-order valence-electron chi connectivity index (χ0n) is 10.9. The molecule has 2 aromatic carbocycles. The van der Waals surface area contributed by atoms with E-state index in [0.717, 1.165) is 0 Å². The molecule has 20 heavy (non-hydrogen) atoms. The van der Waals surface area contributed by atoms with Crippen molar-refractivity contribution >= 4 is 16.8 Å². The first-order chi connectivity index (χ1) is 9.90. The van der Waals surface area contributed by atoms with E-state index < -0.39 is 0 Å². The number of pyridine rings is 1. The molecular formula is C18H14NO+. The summed E-state index contributed by atoms with van der Waals surface area (Å²) in [5, 5.41) is 2.39. The Morgan fingerprint density at radius 3 is 2.60 bits per heavy atom. The second-order valence-electron chi connectivity index (χ2n) is 4.95. The quantitative estimate of drug-likeness (QED) is 0.644. The van der Waals surface area contributed by atoms with Crippen LogP contribution in [0.4, 0.5) is 0 Å². The van der Waals surface area contributed by atoms with Gasteiger partial charge in [-0.1, -0.05) is 48.5 Å². The van der Waals surface area contributed by atoms with Gasteiger partial charge in [-0.3, -0.25) is 4.84 Å². The van der Waals surface area contributed by atoms with Gasteiger partial charge in [0.05, 0.1) is 5.39 Å². The van der Waals surface area contributed by atoms with Crippen molar-refractivity contribution in [2.24, 2.45) is 0 Å². The molecule has 0 spiro atoms. The van der Waals surface area contributed by atoms with Crippen LogP contribution in [-0.2, 0) is 0 Å². The molecule has 0 saturated carbocycles. The summed E-state index contributed by atoms with van der Waals surface area (Å²) < 4.78 is 1.79. The molecule has 1 heterocycles. The smallest absolute Gasteiger partial charge is 0.230 e. The van der Waals surface area contributed by atoms with E-state index in [1.165, 1.54) is 21.9 Å². The topological polar surface area (TPSA) is 13.1 Å². The molecule has 1 aromatic heterocycles. The fourth-order valence-electron chi connectivity index (χ4n) is 2.62. The summed E-state index contributed by atoms with van der Waals surface area (Å²) in [7, 11) is 0. The van der Waals surface area contributed by atoms with Gasteiger partial charge in [-0.25, -0.2) is 0 Å². The Bertz CT molecular complexity index is 807. The van der Waals surface area contributed by atoms with E-state index in [0.29, 0.717) is 0 Å². The number of aromatic nitrogens is 1. The van der Waals surface area contributed by atoms with Crippen LogP contribution in [0.15, 0.2) is 73.1 Å². The van der Waals surface area contributed by atoms with Gasteiger partial charge in [0.25, 0.3) is 0 Å². The lowest BCUT2D eigenvalue weighted by Crippen LogP contribution is -2.43. The van der Waals surface area contributed by atoms with Crippen LogP contribution in [0.5, 0.6) is 0 Å². The van der Waals surface area contributed by atoms with Crippen molar-refractivity contribution < 1.29 is 9.57 Å². The largest absolute Gasteiger partial charge is 0.259 e. The lowest BCUT2D eigenvalue weighted by molar-refractivity contribution is -0.897. The lowest BCUT2D eigenvalue weighted by atomic mass is 10.1. The molecule has 96 valence electrons. The maximum absolute atomic E-state index is 6.04. The third-order valence-electron chi connectivity index (χ3n) is 3.65. The summed E-state index contributed by atoms with van der Waals surface area (Å²) in [4.78, 5) is 6.04. The minimum absolute atomic E-state index is 0.0163. The summed E-state index contributed by atoms with van der Waals surface area (Å²) >= 11 is 0. The number of hydrogen-bond acceptors (Lipinski definition) is 1. The van der Waals surface area contributed by atoms with Gasteiger partial charge < -0.3 is 0 Å². The highest BCUT2D eigenvalue weighted by molar-refractivity contribution is 5.80. The second kappa shape index (κ2) is 4.49. The maximum atomic E-state index is 6.04. The van der Waals surface area contributed by atoms with Crippen LogP contribution in [0.1, 0.15) is 17.2 Å². The van der Waals surface area contributed by atoms with Crippen LogP contribution >= 0.6 is 0 Å². The Labute approximate surface area is 117 Å². The molecule has 1 unspecified atom stereocenters. The number of fused-ring (bicyclic) bond motifs is 2. The molecule has 0 N–H and O–H groups in total. The number of nitrogens with zero attached hydrogens (tertiary/aromatic N) is 1. The van der Waals surface area contributed by atoms with Gasteiger partial charge in [-0.15, -0.1) is 0 Å². The van der Waals surface area contributed by atoms with Crippen molar-refractivity contribution in [1.29, 1.82) is 0 Å². The molecule has 0 radical (unpaired) electrons. The van der Waals surface area contributed by atoms with Gasteiger partial charge in [-0.2, -0.15) is 0 Å². The zero-order valence-corrected chi connectivity index (χ0v) is 10.9.